The van der Waals surface area contributed by atoms with E-state index in [4.69, 9.17) is 0 Å². The first kappa shape index (κ1) is 12.6. The molecule has 0 radical (unpaired) electrons. The van der Waals surface area contributed by atoms with Gasteiger partial charge in [0.15, 0.2) is 0 Å². The Morgan fingerprint density at radius 2 is 1.94 bits per heavy atom. The lowest BCUT2D eigenvalue weighted by Gasteiger charge is -2.32. The first-order valence-corrected chi connectivity index (χ1v) is 6.78. The molecular formula is C15H24N2. The average Bonchev–Trinajstić information content (AvgIpc) is 2.50. The van der Waals surface area contributed by atoms with Gasteiger partial charge in [-0.15, -0.1) is 0 Å². The van der Waals surface area contributed by atoms with Crippen molar-refractivity contribution < 1.29 is 0 Å². The minimum absolute atomic E-state index is 0.649. The number of rotatable bonds is 3. The highest BCUT2D eigenvalue weighted by molar-refractivity contribution is 5.15. The van der Waals surface area contributed by atoms with Gasteiger partial charge < -0.3 is 5.32 Å². The highest BCUT2D eigenvalue weighted by Crippen LogP contribution is 2.13. The molecule has 0 bridgehead atoms. The van der Waals surface area contributed by atoms with Crippen LogP contribution in [0.3, 0.4) is 0 Å². The second-order valence-electron chi connectivity index (χ2n) is 5.16. The van der Waals surface area contributed by atoms with Crippen LogP contribution in [0, 0.1) is 0 Å². The van der Waals surface area contributed by atoms with Crippen molar-refractivity contribution in [2.24, 2.45) is 0 Å². The predicted octanol–water partition coefficient (Wildman–Crippen LogP) is 2.30. The fourth-order valence-electron chi connectivity index (χ4n) is 2.68. The molecule has 94 valence electrons. The average molecular weight is 232 g/mol. The van der Waals surface area contributed by atoms with Crippen molar-refractivity contribution in [1.29, 1.82) is 0 Å². The molecule has 1 N–H and O–H groups in total. The number of nitrogens with one attached hydrogen (secondary N) is 1. The van der Waals surface area contributed by atoms with Crippen molar-refractivity contribution in [1.82, 2.24) is 10.2 Å². The summed E-state index contributed by atoms with van der Waals surface area (Å²) in [6.07, 6.45) is 2.43. The largest absolute Gasteiger partial charge is 0.315 e. The zero-order chi connectivity index (χ0) is 12.1. The van der Waals surface area contributed by atoms with Crippen molar-refractivity contribution in [2.45, 2.75) is 38.8 Å². The Bertz CT molecular complexity index is 311. The summed E-state index contributed by atoms with van der Waals surface area (Å²) >= 11 is 0. The van der Waals surface area contributed by atoms with Gasteiger partial charge in [-0.25, -0.2) is 0 Å². The Balaban J connectivity index is 1.92. The minimum Gasteiger partial charge on any atom is -0.315 e. The van der Waals surface area contributed by atoms with Gasteiger partial charge in [0.1, 0.15) is 0 Å². The van der Waals surface area contributed by atoms with E-state index in [0.29, 0.717) is 12.1 Å². The van der Waals surface area contributed by atoms with Gasteiger partial charge in [-0.1, -0.05) is 30.3 Å². The van der Waals surface area contributed by atoms with Crippen LogP contribution < -0.4 is 5.32 Å². The van der Waals surface area contributed by atoms with Gasteiger partial charge in [0, 0.05) is 25.2 Å². The molecule has 1 fully saturated rings. The third kappa shape index (κ3) is 3.55. The second kappa shape index (κ2) is 6.18. The fourth-order valence-corrected chi connectivity index (χ4v) is 2.68. The molecule has 1 aliphatic rings. The Morgan fingerprint density at radius 3 is 2.71 bits per heavy atom. The van der Waals surface area contributed by atoms with Gasteiger partial charge >= 0.3 is 0 Å². The highest BCUT2D eigenvalue weighted by atomic mass is 15.2. The molecule has 0 saturated carbocycles. The molecule has 0 spiro atoms. The van der Waals surface area contributed by atoms with Gasteiger partial charge in [0.05, 0.1) is 0 Å². The van der Waals surface area contributed by atoms with E-state index < -0.39 is 0 Å². The summed E-state index contributed by atoms with van der Waals surface area (Å²) in [5.41, 5.74) is 1.45. The Kier molecular flexibility index (Phi) is 4.57. The zero-order valence-corrected chi connectivity index (χ0v) is 11.0. The van der Waals surface area contributed by atoms with E-state index >= 15 is 0 Å². The van der Waals surface area contributed by atoms with Crippen LogP contribution in [0.15, 0.2) is 30.3 Å². The van der Waals surface area contributed by atoms with E-state index in [9.17, 15) is 0 Å². The lowest BCUT2D eigenvalue weighted by molar-refractivity contribution is 0.166. The van der Waals surface area contributed by atoms with E-state index in [2.05, 4.69) is 54.4 Å². The monoisotopic (exact) mass is 232 g/mol. The third-order valence-electron chi connectivity index (χ3n) is 3.81. The van der Waals surface area contributed by atoms with Crippen LogP contribution in [0.25, 0.3) is 0 Å². The van der Waals surface area contributed by atoms with Gasteiger partial charge in [0.2, 0.25) is 0 Å². The lowest BCUT2D eigenvalue weighted by atomic mass is 10.1. The molecule has 1 aromatic carbocycles. The molecule has 2 rings (SSSR count). The van der Waals surface area contributed by atoms with E-state index in [0.717, 1.165) is 19.5 Å². The Morgan fingerprint density at radius 1 is 1.18 bits per heavy atom. The van der Waals surface area contributed by atoms with Crippen molar-refractivity contribution in [3.8, 4) is 0 Å². The molecule has 2 unspecified atom stereocenters. The molecule has 2 heteroatoms. The molecule has 0 aliphatic carbocycles. The predicted molar refractivity (Wildman–Crippen MR) is 73.3 cm³/mol. The van der Waals surface area contributed by atoms with Crippen LogP contribution >= 0.6 is 0 Å². The van der Waals surface area contributed by atoms with Crippen LogP contribution in [0.5, 0.6) is 0 Å². The lowest BCUT2D eigenvalue weighted by Crippen LogP contribution is -2.42. The Labute approximate surface area is 105 Å². The molecule has 1 saturated heterocycles. The summed E-state index contributed by atoms with van der Waals surface area (Å²) in [5.74, 6) is 0. The molecule has 1 aromatic rings. The molecular weight excluding hydrogens is 208 g/mol. The topological polar surface area (TPSA) is 15.3 Å². The molecule has 2 nitrogen and oxygen atoms in total. The van der Waals surface area contributed by atoms with Crippen LogP contribution in [0.4, 0.5) is 0 Å². The maximum absolute atomic E-state index is 3.51. The van der Waals surface area contributed by atoms with Gasteiger partial charge in [-0.3, -0.25) is 4.90 Å². The fraction of sp³-hybridized carbons (Fsp3) is 0.600. The normalized spacial score (nSPS) is 26.7. The SMILES string of the molecule is CC1CCNCC(C)N1CCc1ccccc1. The van der Waals surface area contributed by atoms with Gasteiger partial charge in [0.25, 0.3) is 0 Å². The molecule has 0 aromatic heterocycles. The van der Waals surface area contributed by atoms with Crippen LogP contribution in [0.1, 0.15) is 25.8 Å². The van der Waals surface area contributed by atoms with Crippen molar-refractivity contribution in [3.63, 3.8) is 0 Å². The number of hydrogen-bond donors (Lipinski definition) is 1. The summed E-state index contributed by atoms with van der Waals surface area (Å²) in [6, 6.07) is 12.2. The van der Waals surface area contributed by atoms with E-state index in [1.54, 1.807) is 0 Å². The quantitative estimate of drug-likeness (QED) is 0.860. The molecule has 1 aliphatic heterocycles. The van der Waals surface area contributed by atoms with Crippen LogP contribution in [-0.4, -0.2) is 36.6 Å². The smallest absolute Gasteiger partial charge is 0.0195 e. The summed E-state index contributed by atoms with van der Waals surface area (Å²) < 4.78 is 0. The summed E-state index contributed by atoms with van der Waals surface area (Å²) in [6.45, 7) is 8.15. The first-order chi connectivity index (χ1) is 8.27. The standard InChI is InChI=1S/C15H24N2/c1-13-8-10-16-12-14(2)17(13)11-9-15-6-4-3-5-7-15/h3-7,13-14,16H,8-12H2,1-2H3. The number of nitrogens with zero attached hydrogens (tertiary/aromatic N) is 1. The Hall–Kier alpha value is -0.860. The molecule has 2 atom stereocenters. The van der Waals surface area contributed by atoms with Gasteiger partial charge in [-0.2, -0.15) is 0 Å². The molecule has 1 heterocycles. The summed E-state index contributed by atoms with van der Waals surface area (Å²) in [7, 11) is 0. The van der Waals surface area contributed by atoms with Crippen molar-refractivity contribution in [2.75, 3.05) is 19.6 Å². The maximum Gasteiger partial charge on any atom is 0.0195 e. The van der Waals surface area contributed by atoms with E-state index in [1.807, 2.05) is 0 Å². The van der Waals surface area contributed by atoms with Crippen molar-refractivity contribution >= 4 is 0 Å². The molecule has 17 heavy (non-hydrogen) atoms. The third-order valence-corrected chi connectivity index (χ3v) is 3.81. The molecule has 0 amide bonds. The summed E-state index contributed by atoms with van der Waals surface area (Å²) in [5, 5.41) is 3.51. The summed E-state index contributed by atoms with van der Waals surface area (Å²) in [4.78, 5) is 2.65. The van der Waals surface area contributed by atoms with Crippen LogP contribution in [-0.2, 0) is 6.42 Å². The minimum atomic E-state index is 0.649. The highest BCUT2D eigenvalue weighted by Gasteiger charge is 2.21. The zero-order valence-electron chi connectivity index (χ0n) is 11.0. The van der Waals surface area contributed by atoms with E-state index in [1.165, 1.54) is 18.5 Å². The van der Waals surface area contributed by atoms with E-state index in [-0.39, 0.29) is 0 Å². The number of benzene rings is 1. The van der Waals surface area contributed by atoms with Gasteiger partial charge in [-0.05, 0) is 38.8 Å². The first-order valence-electron chi connectivity index (χ1n) is 6.78. The van der Waals surface area contributed by atoms with Crippen molar-refractivity contribution in [3.05, 3.63) is 35.9 Å². The number of hydrogen-bond acceptors (Lipinski definition) is 2. The maximum atomic E-state index is 3.51. The van der Waals surface area contributed by atoms with Crippen LogP contribution in [0.2, 0.25) is 0 Å². The second-order valence-corrected chi connectivity index (χ2v) is 5.16.